The van der Waals surface area contributed by atoms with E-state index in [0.717, 1.165) is 6.07 Å². The third kappa shape index (κ3) is 4.87. The number of rotatable bonds is 5. The van der Waals surface area contributed by atoms with Gasteiger partial charge in [0.05, 0.1) is 22.6 Å². The topological polar surface area (TPSA) is 105 Å². The molecule has 3 aliphatic rings. The molecule has 2 aliphatic carbocycles. The number of hydrogen-bond donors (Lipinski definition) is 0. The molecule has 0 fully saturated rings. The summed E-state index contributed by atoms with van der Waals surface area (Å²) in [5, 5.41) is 11.4. The lowest BCUT2D eigenvalue weighted by molar-refractivity contribution is -0.385. The number of benzene rings is 2. The summed E-state index contributed by atoms with van der Waals surface area (Å²) in [5.74, 6) is -0.609. The number of halogens is 4. The molecule has 0 saturated heterocycles. The van der Waals surface area contributed by atoms with E-state index in [4.69, 9.17) is 25.8 Å². The van der Waals surface area contributed by atoms with Crippen LogP contribution in [0.15, 0.2) is 53.0 Å². The zero-order valence-corrected chi connectivity index (χ0v) is 21.3. The van der Waals surface area contributed by atoms with E-state index < -0.39 is 34.0 Å². The summed E-state index contributed by atoms with van der Waals surface area (Å²) in [5.41, 5.74) is -0.890. The Labute approximate surface area is 225 Å². The normalized spacial score (nSPS) is 18.0. The van der Waals surface area contributed by atoms with E-state index in [2.05, 4.69) is 0 Å². The Bertz CT molecular complexity index is 1440. The molecule has 0 aromatic heterocycles. The summed E-state index contributed by atoms with van der Waals surface area (Å²) in [6.07, 6.45) is -1.83. The van der Waals surface area contributed by atoms with Gasteiger partial charge in [-0.15, -0.1) is 0 Å². The second kappa shape index (κ2) is 10.0. The minimum absolute atomic E-state index is 0.00834. The van der Waals surface area contributed by atoms with Gasteiger partial charge in [0.15, 0.2) is 23.1 Å². The van der Waals surface area contributed by atoms with Crippen LogP contribution in [-0.2, 0) is 20.5 Å². The largest absolute Gasteiger partial charge is 0.493 e. The number of allylic oxidation sites excluding steroid dienone is 4. The van der Waals surface area contributed by atoms with Crippen molar-refractivity contribution in [2.24, 2.45) is 0 Å². The van der Waals surface area contributed by atoms with Crippen molar-refractivity contribution in [2.75, 3.05) is 7.11 Å². The number of alkyl halides is 3. The number of nitro benzene ring substituents is 1. The molecule has 2 aromatic rings. The van der Waals surface area contributed by atoms with Crippen LogP contribution in [0.2, 0.25) is 5.02 Å². The van der Waals surface area contributed by atoms with Gasteiger partial charge in [0.1, 0.15) is 11.5 Å². The fraction of sp³-hybridized carbons (Fsp3) is 0.333. The number of methoxy groups -OCH3 is 1. The molecule has 0 unspecified atom stereocenters. The lowest BCUT2D eigenvalue weighted by Crippen LogP contribution is -2.30. The zero-order chi connectivity index (χ0) is 28.1. The van der Waals surface area contributed by atoms with Crippen LogP contribution >= 0.6 is 11.6 Å². The van der Waals surface area contributed by atoms with Crippen LogP contribution in [0, 0.1) is 10.1 Å². The molecular weight excluding hydrogens is 543 g/mol. The summed E-state index contributed by atoms with van der Waals surface area (Å²) in [6.45, 7) is 0. The Hall–Kier alpha value is -3.86. The maximum absolute atomic E-state index is 13.1. The highest BCUT2D eigenvalue weighted by Gasteiger charge is 2.42. The van der Waals surface area contributed by atoms with E-state index in [-0.39, 0.29) is 28.1 Å². The highest BCUT2D eigenvalue weighted by Crippen LogP contribution is 2.51. The summed E-state index contributed by atoms with van der Waals surface area (Å²) in [4.78, 5) is 36.6. The molecule has 0 N–H and O–H groups in total. The van der Waals surface area contributed by atoms with Gasteiger partial charge in [-0.1, -0.05) is 11.6 Å². The van der Waals surface area contributed by atoms with E-state index in [1.807, 2.05) is 0 Å². The lowest BCUT2D eigenvalue weighted by atomic mass is 9.73. The molecule has 2 aromatic carbocycles. The number of carbonyl (C=O) groups excluding carboxylic acids is 2. The smallest absolute Gasteiger partial charge is 0.416 e. The third-order valence-corrected chi connectivity index (χ3v) is 7.20. The highest BCUT2D eigenvalue weighted by molar-refractivity contribution is 6.32. The molecule has 39 heavy (non-hydrogen) atoms. The minimum atomic E-state index is -4.79. The van der Waals surface area contributed by atoms with Crippen molar-refractivity contribution < 1.29 is 41.9 Å². The molecule has 1 heterocycles. The summed E-state index contributed by atoms with van der Waals surface area (Å²) < 4.78 is 56.5. The van der Waals surface area contributed by atoms with Crippen molar-refractivity contribution in [3.63, 3.8) is 0 Å². The quantitative estimate of drug-likeness (QED) is 0.280. The highest BCUT2D eigenvalue weighted by atomic mass is 35.5. The second-order valence-corrected chi connectivity index (χ2v) is 9.74. The first-order valence-corrected chi connectivity index (χ1v) is 12.5. The third-order valence-electron chi connectivity index (χ3n) is 6.92. The molecule has 1 aliphatic heterocycles. The maximum Gasteiger partial charge on any atom is 0.416 e. The molecule has 0 spiro atoms. The van der Waals surface area contributed by atoms with Crippen LogP contribution in [0.3, 0.4) is 0 Å². The van der Waals surface area contributed by atoms with Gasteiger partial charge in [0.25, 0.3) is 0 Å². The van der Waals surface area contributed by atoms with E-state index in [0.29, 0.717) is 78.9 Å². The van der Waals surface area contributed by atoms with Gasteiger partial charge < -0.3 is 14.2 Å². The summed E-state index contributed by atoms with van der Waals surface area (Å²) in [6, 6.07) is 4.83. The number of Topliss-reactive ketones (excluding diaryl/α,β-unsaturated/α-hetero) is 2. The molecule has 204 valence electrons. The fourth-order valence-corrected chi connectivity index (χ4v) is 5.45. The average Bonchev–Trinajstić information content (AvgIpc) is 2.88. The van der Waals surface area contributed by atoms with Crippen LogP contribution in [0.1, 0.15) is 55.6 Å². The van der Waals surface area contributed by atoms with E-state index in [1.165, 1.54) is 19.2 Å². The van der Waals surface area contributed by atoms with Gasteiger partial charge in [0.2, 0.25) is 5.75 Å². The Morgan fingerprint density at radius 3 is 2.13 bits per heavy atom. The second-order valence-electron chi connectivity index (χ2n) is 9.34. The SMILES string of the molecule is COc1cc(C2C3=C(CCCC3=O)OC3=C2C(=O)CCC3)cc(Cl)c1Oc1ccc(C(F)(F)F)cc1[N+](=O)[O-]. The van der Waals surface area contributed by atoms with Gasteiger partial charge >= 0.3 is 11.9 Å². The molecule has 5 rings (SSSR count). The summed E-state index contributed by atoms with van der Waals surface area (Å²) in [7, 11) is 1.29. The maximum atomic E-state index is 13.1. The predicted molar refractivity (Wildman–Crippen MR) is 132 cm³/mol. The Morgan fingerprint density at radius 1 is 0.974 bits per heavy atom. The molecule has 0 radical (unpaired) electrons. The first kappa shape index (κ1) is 26.7. The van der Waals surface area contributed by atoms with Crippen LogP contribution in [0.5, 0.6) is 17.2 Å². The number of nitrogens with zero attached hydrogens (tertiary/aromatic N) is 1. The number of hydrogen-bond acceptors (Lipinski definition) is 7. The average molecular weight is 564 g/mol. The Morgan fingerprint density at radius 2 is 1.59 bits per heavy atom. The Kier molecular flexibility index (Phi) is 6.88. The van der Waals surface area contributed by atoms with Gasteiger partial charge in [-0.05, 0) is 42.7 Å². The van der Waals surface area contributed by atoms with Gasteiger partial charge in [0, 0.05) is 48.8 Å². The van der Waals surface area contributed by atoms with Crippen molar-refractivity contribution in [1.82, 2.24) is 0 Å². The Balaban J connectivity index is 1.61. The van der Waals surface area contributed by atoms with Crippen LogP contribution < -0.4 is 9.47 Å². The van der Waals surface area contributed by atoms with Crippen molar-refractivity contribution in [2.45, 2.75) is 50.6 Å². The van der Waals surface area contributed by atoms with Crippen molar-refractivity contribution in [3.05, 3.63) is 79.3 Å². The number of nitro groups is 1. The molecule has 0 atom stereocenters. The van der Waals surface area contributed by atoms with Gasteiger partial charge in [-0.3, -0.25) is 19.7 Å². The predicted octanol–water partition coefficient (Wildman–Crippen LogP) is 7.20. The standard InChI is InChI=1S/C27H21ClF3NO7/c1-37-22-11-13(23-24-17(33)4-2-6-20(24)38-21-7-3-5-18(34)25(21)23)10-15(28)26(22)39-19-9-8-14(27(29,30)31)12-16(19)32(35)36/h8-12,23H,2-7H2,1H3. The molecule has 0 amide bonds. The molecule has 8 nitrogen and oxygen atoms in total. The first-order chi connectivity index (χ1) is 18.5. The first-order valence-electron chi connectivity index (χ1n) is 12.1. The van der Waals surface area contributed by atoms with Crippen LogP contribution in [0.4, 0.5) is 18.9 Å². The van der Waals surface area contributed by atoms with Gasteiger partial charge in [-0.25, -0.2) is 0 Å². The molecular formula is C27H21ClF3NO7. The molecule has 0 saturated carbocycles. The van der Waals surface area contributed by atoms with Crippen molar-refractivity contribution >= 4 is 28.9 Å². The minimum Gasteiger partial charge on any atom is -0.493 e. The van der Waals surface area contributed by atoms with E-state index in [9.17, 15) is 32.9 Å². The van der Waals surface area contributed by atoms with Crippen molar-refractivity contribution in [3.8, 4) is 17.2 Å². The van der Waals surface area contributed by atoms with E-state index >= 15 is 0 Å². The van der Waals surface area contributed by atoms with Crippen LogP contribution in [0.25, 0.3) is 0 Å². The lowest BCUT2D eigenvalue weighted by Gasteiger charge is -2.36. The fourth-order valence-electron chi connectivity index (χ4n) is 5.19. The monoisotopic (exact) mass is 563 g/mol. The number of ketones is 2. The molecule has 12 heteroatoms. The van der Waals surface area contributed by atoms with Gasteiger partial charge in [-0.2, -0.15) is 13.2 Å². The summed E-state index contributed by atoms with van der Waals surface area (Å²) >= 11 is 6.55. The number of carbonyl (C=O) groups is 2. The van der Waals surface area contributed by atoms with E-state index in [1.54, 1.807) is 0 Å². The number of ether oxygens (including phenoxy) is 3. The zero-order valence-electron chi connectivity index (χ0n) is 20.5. The molecule has 0 bridgehead atoms. The van der Waals surface area contributed by atoms with Crippen molar-refractivity contribution in [1.29, 1.82) is 0 Å². The van der Waals surface area contributed by atoms with Crippen LogP contribution in [-0.4, -0.2) is 23.6 Å².